The van der Waals surface area contributed by atoms with Crippen molar-refractivity contribution in [3.05, 3.63) is 94.5 Å². The Morgan fingerprint density at radius 3 is 2.43 bits per heavy atom. The molecule has 2 N–H and O–H groups in total. The van der Waals surface area contributed by atoms with E-state index in [1.807, 2.05) is 24.3 Å². The van der Waals surface area contributed by atoms with Crippen LogP contribution >= 0.6 is 11.6 Å². The third kappa shape index (κ3) is 5.47. The van der Waals surface area contributed by atoms with Crippen LogP contribution in [0.2, 0.25) is 5.02 Å². The fraction of sp³-hybridized carbons (Fsp3) is 0.167. The zero-order valence-corrected chi connectivity index (χ0v) is 17.2. The summed E-state index contributed by atoms with van der Waals surface area (Å²) >= 11 is 5.93. The Kier molecular flexibility index (Phi) is 7.22. The Morgan fingerprint density at radius 2 is 1.70 bits per heavy atom. The van der Waals surface area contributed by atoms with Gasteiger partial charge in [-0.25, -0.2) is 0 Å². The van der Waals surface area contributed by atoms with Gasteiger partial charge >= 0.3 is 0 Å². The summed E-state index contributed by atoms with van der Waals surface area (Å²) in [4.78, 5) is 24.5. The lowest BCUT2D eigenvalue weighted by Gasteiger charge is -2.17. The van der Waals surface area contributed by atoms with Crippen molar-refractivity contribution in [2.75, 3.05) is 18.5 Å². The minimum absolute atomic E-state index is 0.0241. The van der Waals surface area contributed by atoms with Gasteiger partial charge in [-0.15, -0.1) is 0 Å². The minimum Gasteiger partial charge on any atom is -0.490 e. The summed E-state index contributed by atoms with van der Waals surface area (Å²) < 4.78 is 5.61. The maximum Gasteiger partial charge on any atom is 0.195 e. The van der Waals surface area contributed by atoms with Crippen LogP contribution in [0.25, 0.3) is 0 Å². The van der Waals surface area contributed by atoms with Gasteiger partial charge in [-0.3, -0.25) is 9.59 Å². The fourth-order valence-electron chi connectivity index (χ4n) is 2.96. The Labute approximate surface area is 180 Å². The zero-order chi connectivity index (χ0) is 21.5. The molecule has 30 heavy (non-hydrogen) atoms. The Bertz CT molecular complexity index is 1040. The van der Waals surface area contributed by atoms with E-state index in [0.717, 1.165) is 0 Å². The number of anilines is 1. The van der Waals surface area contributed by atoms with Gasteiger partial charge in [-0.1, -0.05) is 54.1 Å². The number of carbonyl (C=O) groups excluding carboxylic acids is 2. The molecule has 0 aliphatic carbocycles. The second-order valence-corrected chi connectivity index (χ2v) is 7.22. The first-order valence-electron chi connectivity index (χ1n) is 9.49. The summed E-state index contributed by atoms with van der Waals surface area (Å²) in [6.07, 6.45) is -0.861. The number of rotatable bonds is 9. The van der Waals surface area contributed by atoms with Crippen LogP contribution in [0.15, 0.2) is 72.8 Å². The normalized spacial score (nSPS) is 11.6. The number of para-hydroxylation sites is 1. The van der Waals surface area contributed by atoms with Crippen molar-refractivity contribution >= 4 is 28.9 Å². The number of aliphatic hydroxyl groups is 1. The first-order chi connectivity index (χ1) is 14.5. The van der Waals surface area contributed by atoms with E-state index in [1.165, 1.54) is 13.0 Å². The lowest BCUT2D eigenvalue weighted by atomic mass is 10.0. The molecule has 3 aromatic rings. The maximum absolute atomic E-state index is 12.8. The number of ketones is 2. The lowest BCUT2D eigenvalue weighted by Crippen LogP contribution is -2.27. The number of carbonyl (C=O) groups is 2. The number of benzene rings is 3. The molecule has 0 radical (unpaired) electrons. The molecule has 0 aromatic heterocycles. The van der Waals surface area contributed by atoms with Gasteiger partial charge in [-0.05, 0) is 37.3 Å². The third-order valence-corrected chi connectivity index (χ3v) is 4.72. The lowest BCUT2D eigenvalue weighted by molar-refractivity contribution is 0.0991. The Hall–Kier alpha value is -3.15. The van der Waals surface area contributed by atoms with Crippen molar-refractivity contribution in [1.29, 1.82) is 0 Å². The Morgan fingerprint density at radius 1 is 1.00 bits per heavy atom. The number of Topliss-reactive ketones (excluding diaryl/α,β-unsaturated/α-hetero) is 1. The number of hydrogen-bond acceptors (Lipinski definition) is 5. The summed E-state index contributed by atoms with van der Waals surface area (Å²) in [5.74, 6) is 0.0933. The number of hydrogen-bond donors (Lipinski definition) is 2. The van der Waals surface area contributed by atoms with E-state index in [0.29, 0.717) is 33.1 Å². The predicted molar refractivity (Wildman–Crippen MR) is 118 cm³/mol. The molecule has 3 aromatic carbocycles. The maximum atomic E-state index is 12.8. The molecule has 1 atom stereocenters. The van der Waals surface area contributed by atoms with Crippen molar-refractivity contribution in [3.63, 3.8) is 0 Å². The first kappa shape index (κ1) is 21.6. The second kappa shape index (κ2) is 10.1. The third-order valence-electron chi connectivity index (χ3n) is 4.49. The fourth-order valence-corrected chi connectivity index (χ4v) is 3.13. The van der Waals surface area contributed by atoms with E-state index in [1.54, 1.807) is 42.5 Å². The molecule has 6 heteroatoms. The molecular weight excluding hydrogens is 402 g/mol. The van der Waals surface area contributed by atoms with Crippen LogP contribution < -0.4 is 10.1 Å². The number of nitrogens with one attached hydrogen (secondary N) is 1. The van der Waals surface area contributed by atoms with Crippen LogP contribution in [0.3, 0.4) is 0 Å². The molecule has 0 spiro atoms. The average Bonchev–Trinajstić information content (AvgIpc) is 2.77. The summed E-state index contributed by atoms with van der Waals surface area (Å²) in [6.45, 7) is 1.57. The monoisotopic (exact) mass is 423 g/mol. The molecule has 0 amide bonds. The van der Waals surface area contributed by atoms with Crippen molar-refractivity contribution in [3.8, 4) is 5.75 Å². The summed E-state index contributed by atoms with van der Waals surface area (Å²) in [7, 11) is 0. The van der Waals surface area contributed by atoms with Crippen LogP contribution in [-0.2, 0) is 0 Å². The highest BCUT2D eigenvalue weighted by molar-refractivity contribution is 6.31. The standard InChI is InChI=1S/C24H22ClNO4/c1-16(27)21-13-18(25)11-12-23(21)30-15-19(28)14-26-22-10-6-5-9-20(22)24(29)17-7-3-2-4-8-17/h2-13,19,26,28H,14-15H2,1H3. The summed E-state index contributed by atoms with van der Waals surface area (Å²) in [5, 5.41) is 13.9. The molecule has 154 valence electrons. The van der Waals surface area contributed by atoms with Crippen LogP contribution in [0.1, 0.15) is 33.2 Å². The highest BCUT2D eigenvalue weighted by Gasteiger charge is 2.15. The highest BCUT2D eigenvalue weighted by atomic mass is 35.5. The predicted octanol–water partition coefficient (Wildman–Crippen LogP) is 4.63. The van der Waals surface area contributed by atoms with Crippen LogP contribution in [0, 0.1) is 0 Å². The van der Waals surface area contributed by atoms with Crippen molar-refractivity contribution in [1.82, 2.24) is 0 Å². The average molecular weight is 424 g/mol. The molecule has 0 bridgehead atoms. The topological polar surface area (TPSA) is 75.6 Å². The molecule has 0 aliphatic rings. The first-order valence-corrected chi connectivity index (χ1v) is 9.87. The van der Waals surface area contributed by atoms with E-state index in [4.69, 9.17) is 16.3 Å². The zero-order valence-electron chi connectivity index (χ0n) is 16.5. The quantitative estimate of drug-likeness (QED) is 0.491. The van der Waals surface area contributed by atoms with E-state index < -0.39 is 6.10 Å². The molecule has 0 fully saturated rings. The van der Waals surface area contributed by atoms with Crippen molar-refractivity contribution in [2.45, 2.75) is 13.0 Å². The van der Waals surface area contributed by atoms with Gasteiger partial charge in [0.25, 0.3) is 0 Å². The Balaban J connectivity index is 1.63. The largest absolute Gasteiger partial charge is 0.490 e. The van der Waals surface area contributed by atoms with Gasteiger partial charge in [0, 0.05) is 28.4 Å². The van der Waals surface area contributed by atoms with Crippen LogP contribution in [-0.4, -0.2) is 35.9 Å². The van der Waals surface area contributed by atoms with Crippen LogP contribution in [0.4, 0.5) is 5.69 Å². The minimum atomic E-state index is -0.861. The van der Waals surface area contributed by atoms with Gasteiger partial charge < -0.3 is 15.2 Å². The van der Waals surface area contributed by atoms with E-state index >= 15 is 0 Å². The van der Waals surface area contributed by atoms with Gasteiger partial charge in [0.05, 0.1) is 5.56 Å². The molecule has 0 saturated carbocycles. The van der Waals surface area contributed by atoms with Gasteiger partial charge in [-0.2, -0.15) is 0 Å². The molecular formula is C24H22ClNO4. The summed E-state index contributed by atoms with van der Waals surface area (Å²) in [5.41, 5.74) is 2.10. The molecule has 5 nitrogen and oxygen atoms in total. The molecule has 1 unspecified atom stereocenters. The van der Waals surface area contributed by atoms with Crippen molar-refractivity contribution < 1.29 is 19.4 Å². The molecule has 3 rings (SSSR count). The highest BCUT2D eigenvalue weighted by Crippen LogP contribution is 2.24. The second-order valence-electron chi connectivity index (χ2n) is 6.78. The number of halogens is 1. The molecule has 0 saturated heterocycles. The smallest absolute Gasteiger partial charge is 0.195 e. The van der Waals surface area contributed by atoms with E-state index in [-0.39, 0.29) is 24.7 Å². The molecule has 0 aliphatic heterocycles. The molecule has 0 heterocycles. The number of aliphatic hydroxyl groups excluding tert-OH is 1. The number of ether oxygens (including phenoxy) is 1. The van der Waals surface area contributed by atoms with Crippen LogP contribution in [0.5, 0.6) is 5.75 Å². The van der Waals surface area contributed by atoms with Gasteiger partial charge in [0.1, 0.15) is 18.5 Å². The SMILES string of the molecule is CC(=O)c1cc(Cl)ccc1OCC(O)CNc1ccccc1C(=O)c1ccccc1. The van der Waals surface area contributed by atoms with Crippen molar-refractivity contribution in [2.24, 2.45) is 0 Å². The van der Waals surface area contributed by atoms with E-state index in [9.17, 15) is 14.7 Å². The van der Waals surface area contributed by atoms with Gasteiger partial charge in [0.15, 0.2) is 11.6 Å². The van der Waals surface area contributed by atoms with E-state index in [2.05, 4.69) is 5.32 Å². The summed E-state index contributed by atoms with van der Waals surface area (Å²) in [6, 6.07) is 20.9. The van der Waals surface area contributed by atoms with Gasteiger partial charge in [0.2, 0.25) is 0 Å².